The lowest BCUT2D eigenvalue weighted by Crippen LogP contribution is -2.45. The van der Waals surface area contributed by atoms with E-state index in [1.165, 1.54) is 0 Å². The summed E-state index contributed by atoms with van der Waals surface area (Å²) < 4.78 is 1.91. The van der Waals surface area contributed by atoms with Gasteiger partial charge in [0.05, 0.1) is 0 Å². The maximum atomic E-state index is 11.6. The summed E-state index contributed by atoms with van der Waals surface area (Å²) in [5.41, 5.74) is -0.776. The van der Waals surface area contributed by atoms with Gasteiger partial charge in [-0.3, -0.25) is 10.1 Å². The maximum Gasteiger partial charge on any atom is 0.325 e. The molecular weight excluding hydrogens is 220 g/mol. The third-order valence-corrected chi connectivity index (χ3v) is 3.18. The van der Waals surface area contributed by atoms with Gasteiger partial charge in [0.25, 0.3) is 5.91 Å². The Labute approximate surface area is 99.6 Å². The smallest absolute Gasteiger partial charge is 0.325 e. The van der Waals surface area contributed by atoms with Crippen LogP contribution in [0.3, 0.4) is 0 Å². The molecule has 1 N–H and O–H groups in total. The van der Waals surface area contributed by atoms with Gasteiger partial charge in [-0.25, -0.2) is 9.78 Å². The van der Waals surface area contributed by atoms with E-state index in [4.69, 9.17) is 0 Å². The van der Waals surface area contributed by atoms with Gasteiger partial charge in [-0.1, -0.05) is 0 Å². The van der Waals surface area contributed by atoms with Crippen LogP contribution in [0.4, 0.5) is 4.79 Å². The predicted octanol–water partition coefficient (Wildman–Crippen LogP) is 0.293. The number of aryl methyl sites for hydroxylation is 1. The Balaban J connectivity index is 2.07. The zero-order chi connectivity index (χ0) is 12.6. The van der Waals surface area contributed by atoms with Crippen molar-refractivity contribution >= 4 is 11.9 Å². The molecule has 0 radical (unpaired) electrons. The molecule has 6 nitrogen and oxygen atoms in total. The van der Waals surface area contributed by atoms with Gasteiger partial charge in [-0.15, -0.1) is 0 Å². The Hall–Kier alpha value is -1.85. The van der Waals surface area contributed by atoms with Crippen molar-refractivity contribution < 1.29 is 9.59 Å². The van der Waals surface area contributed by atoms with Crippen molar-refractivity contribution in [2.75, 3.05) is 6.54 Å². The highest BCUT2D eigenvalue weighted by Gasteiger charge is 2.45. The molecule has 2 rings (SSSR count). The van der Waals surface area contributed by atoms with Crippen LogP contribution in [0.1, 0.15) is 19.7 Å². The molecule has 92 valence electrons. The van der Waals surface area contributed by atoms with Crippen LogP contribution in [0.15, 0.2) is 12.4 Å². The van der Waals surface area contributed by atoms with Crippen LogP contribution in [0.25, 0.3) is 0 Å². The highest BCUT2D eigenvalue weighted by atomic mass is 16.2. The molecule has 1 saturated heterocycles. The van der Waals surface area contributed by atoms with E-state index in [-0.39, 0.29) is 11.9 Å². The summed E-state index contributed by atoms with van der Waals surface area (Å²) in [6.07, 6.45) is 4.21. The van der Waals surface area contributed by atoms with Crippen LogP contribution < -0.4 is 5.32 Å². The van der Waals surface area contributed by atoms with Crippen molar-refractivity contribution in [2.45, 2.75) is 25.8 Å². The molecule has 0 aromatic carbocycles. The standard InChI is InChI=1S/C11H16N4O2/c1-11(2)9(16)13-10(17)15(11)6-4-8-12-5-7-14(8)3/h5,7H,4,6H2,1-3H3,(H,13,16,17). The summed E-state index contributed by atoms with van der Waals surface area (Å²) in [7, 11) is 1.91. The van der Waals surface area contributed by atoms with Crippen molar-refractivity contribution in [3.63, 3.8) is 0 Å². The average Bonchev–Trinajstić information content (AvgIpc) is 2.70. The summed E-state index contributed by atoms with van der Waals surface area (Å²) in [4.78, 5) is 28.9. The number of nitrogens with one attached hydrogen (secondary N) is 1. The molecule has 0 unspecified atom stereocenters. The fourth-order valence-electron chi connectivity index (χ4n) is 1.92. The number of imidazole rings is 1. The predicted molar refractivity (Wildman–Crippen MR) is 61.2 cm³/mol. The largest absolute Gasteiger partial charge is 0.338 e. The second kappa shape index (κ2) is 3.87. The monoisotopic (exact) mass is 236 g/mol. The van der Waals surface area contributed by atoms with Crippen molar-refractivity contribution in [1.82, 2.24) is 19.8 Å². The van der Waals surface area contributed by atoms with E-state index in [1.54, 1.807) is 24.9 Å². The second-order valence-corrected chi connectivity index (χ2v) is 4.67. The van der Waals surface area contributed by atoms with Crippen LogP contribution >= 0.6 is 0 Å². The van der Waals surface area contributed by atoms with Crippen LogP contribution in [-0.2, 0) is 18.3 Å². The van der Waals surface area contributed by atoms with E-state index in [0.717, 1.165) is 5.82 Å². The highest BCUT2D eigenvalue weighted by Crippen LogP contribution is 2.20. The van der Waals surface area contributed by atoms with E-state index < -0.39 is 5.54 Å². The van der Waals surface area contributed by atoms with Gasteiger partial charge >= 0.3 is 6.03 Å². The van der Waals surface area contributed by atoms with Crippen molar-refractivity contribution in [1.29, 1.82) is 0 Å². The molecule has 0 atom stereocenters. The third-order valence-electron chi connectivity index (χ3n) is 3.18. The van der Waals surface area contributed by atoms with E-state index in [2.05, 4.69) is 10.3 Å². The second-order valence-electron chi connectivity index (χ2n) is 4.67. The molecule has 6 heteroatoms. The number of urea groups is 1. The Morgan fingerprint density at radius 1 is 1.41 bits per heavy atom. The lowest BCUT2D eigenvalue weighted by Gasteiger charge is -2.27. The Kier molecular flexibility index (Phi) is 2.65. The molecular formula is C11H16N4O2. The summed E-state index contributed by atoms with van der Waals surface area (Å²) >= 11 is 0. The number of carbonyl (C=O) groups excluding carboxylic acids is 2. The molecule has 3 amide bonds. The quantitative estimate of drug-likeness (QED) is 0.767. The minimum absolute atomic E-state index is 0.248. The van der Waals surface area contributed by atoms with Gasteiger partial charge in [0, 0.05) is 32.4 Å². The number of hydrogen-bond donors (Lipinski definition) is 1. The first kappa shape index (κ1) is 11.6. The molecule has 17 heavy (non-hydrogen) atoms. The fraction of sp³-hybridized carbons (Fsp3) is 0.545. The maximum absolute atomic E-state index is 11.6. The molecule has 1 aliphatic rings. The SMILES string of the molecule is Cn1ccnc1CCN1C(=O)NC(=O)C1(C)C. The summed E-state index contributed by atoms with van der Waals surface area (Å²) in [5, 5.41) is 2.32. The lowest BCUT2D eigenvalue weighted by molar-refractivity contribution is -0.125. The van der Waals surface area contributed by atoms with E-state index in [0.29, 0.717) is 13.0 Å². The Morgan fingerprint density at radius 2 is 2.12 bits per heavy atom. The van der Waals surface area contributed by atoms with E-state index in [1.807, 2.05) is 17.8 Å². The molecule has 1 fully saturated rings. The molecule has 1 aromatic heterocycles. The topological polar surface area (TPSA) is 67.2 Å². The first-order chi connectivity index (χ1) is 7.93. The van der Waals surface area contributed by atoms with Crippen molar-refractivity contribution in [2.24, 2.45) is 7.05 Å². The number of imide groups is 1. The number of aromatic nitrogens is 2. The molecule has 0 bridgehead atoms. The zero-order valence-electron chi connectivity index (χ0n) is 10.2. The minimum Gasteiger partial charge on any atom is -0.338 e. The van der Waals surface area contributed by atoms with Crippen LogP contribution in [-0.4, -0.2) is 38.5 Å². The number of hydrogen-bond acceptors (Lipinski definition) is 3. The van der Waals surface area contributed by atoms with Gasteiger partial charge in [0.2, 0.25) is 0 Å². The Morgan fingerprint density at radius 3 is 2.59 bits per heavy atom. The number of nitrogens with zero attached hydrogens (tertiary/aromatic N) is 3. The summed E-state index contributed by atoms with van der Waals surface area (Å²) in [6.45, 7) is 3.97. The fourth-order valence-corrected chi connectivity index (χ4v) is 1.92. The van der Waals surface area contributed by atoms with Crippen LogP contribution in [0.5, 0.6) is 0 Å². The summed E-state index contributed by atoms with van der Waals surface area (Å²) in [6, 6.07) is -0.325. The van der Waals surface area contributed by atoms with E-state index in [9.17, 15) is 9.59 Å². The van der Waals surface area contributed by atoms with Gasteiger partial charge in [-0.05, 0) is 13.8 Å². The molecule has 0 aliphatic carbocycles. The minimum atomic E-state index is -0.776. The van der Waals surface area contributed by atoms with Crippen LogP contribution in [0.2, 0.25) is 0 Å². The summed E-state index contributed by atoms with van der Waals surface area (Å²) in [5.74, 6) is 0.648. The third kappa shape index (κ3) is 1.90. The molecule has 1 aromatic rings. The van der Waals surface area contributed by atoms with Gasteiger partial charge in [-0.2, -0.15) is 0 Å². The molecule has 1 aliphatic heterocycles. The van der Waals surface area contributed by atoms with Crippen LogP contribution in [0, 0.1) is 0 Å². The number of amides is 3. The van der Waals surface area contributed by atoms with Gasteiger partial charge in [0.1, 0.15) is 11.4 Å². The lowest BCUT2D eigenvalue weighted by atomic mass is 10.0. The average molecular weight is 236 g/mol. The highest BCUT2D eigenvalue weighted by molar-refractivity contribution is 6.06. The van der Waals surface area contributed by atoms with Gasteiger partial charge in [0.15, 0.2) is 0 Å². The molecule has 0 spiro atoms. The first-order valence-corrected chi connectivity index (χ1v) is 5.52. The Bertz CT molecular complexity index is 464. The van der Waals surface area contributed by atoms with E-state index >= 15 is 0 Å². The van der Waals surface area contributed by atoms with Crippen molar-refractivity contribution in [3.05, 3.63) is 18.2 Å². The number of carbonyl (C=O) groups is 2. The molecule has 2 heterocycles. The first-order valence-electron chi connectivity index (χ1n) is 5.52. The zero-order valence-corrected chi connectivity index (χ0v) is 10.2. The van der Waals surface area contributed by atoms with Gasteiger partial charge < -0.3 is 9.47 Å². The van der Waals surface area contributed by atoms with Crippen molar-refractivity contribution in [3.8, 4) is 0 Å². The number of rotatable bonds is 3. The normalized spacial score (nSPS) is 18.6. The molecule has 0 saturated carbocycles.